The summed E-state index contributed by atoms with van der Waals surface area (Å²) in [7, 11) is 3.91. The molecule has 3 heteroatoms. The normalized spacial score (nSPS) is 31.2. The van der Waals surface area contributed by atoms with E-state index in [1.54, 1.807) is 7.11 Å². The van der Waals surface area contributed by atoms with Crippen LogP contribution in [0.3, 0.4) is 0 Å². The molecule has 1 aromatic heterocycles. The van der Waals surface area contributed by atoms with Crippen LogP contribution in [0.2, 0.25) is 0 Å². The van der Waals surface area contributed by atoms with Crippen molar-refractivity contribution in [3.8, 4) is 0 Å². The molecule has 0 N–H and O–H groups in total. The molecule has 1 aliphatic heterocycles. The van der Waals surface area contributed by atoms with Gasteiger partial charge in [0, 0.05) is 24.5 Å². The Morgan fingerprint density at radius 2 is 1.88 bits per heavy atom. The van der Waals surface area contributed by atoms with Crippen LogP contribution in [0.1, 0.15) is 24.0 Å². The van der Waals surface area contributed by atoms with Crippen LogP contribution in [0.25, 0.3) is 0 Å². The van der Waals surface area contributed by atoms with Gasteiger partial charge in [-0.15, -0.1) is 0 Å². The van der Waals surface area contributed by atoms with E-state index in [2.05, 4.69) is 49.4 Å². The van der Waals surface area contributed by atoms with Crippen molar-refractivity contribution in [1.82, 2.24) is 9.47 Å². The summed E-state index contributed by atoms with van der Waals surface area (Å²) in [5.74, 6) is 0. The molecule has 0 amide bonds. The molecule has 89 valence electrons. The fourth-order valence-corrected chi connectivity index (χ4v) is 2.70. The lowest BCUT2D eigenvalue weighted by Crippen LogP contribution is -2.33. The van der Waals surface area contributed by atoms with Crippen LogP contribution in [0.15, 0.2) is 12.1 Å². The van der Waals surface area contributed by atoms with Gasteiger partial charge in [0.25, 0.3) is 0 Å². The fourth-order valence-electron chi connectivity index (χ4n) is 2.70. The first-order chi connectivity index (χ1) is 7.56. The lowest BCUT2D eigenvalue weighted by molar-refractivity contribution is 0.0380. The maximum Gasteiger partial charge on any atom is 0.113 e. The zero-order chi connectivity index (χ0) is 11.9. The van der Waals surface area contributed by atoms with Gasteiger partial charge in [-0.1, -0.05) is 0 Å². The SMILES string of the molecule is [CH2][C@@H]1C[C@@H](OC)C(n2c(C)ccc2C)N1C. The molecule has 1 aromatic rings. The van der Waals surface area contributed by atoms with Crippen LogP contribution in [0.5, 0.6) is 0 Å². The fraction of sp³-hybridized carbons (Fsp3) is 0.615. The molecule has 0 saturated carbocycles. The van der Waals surface area contributed by atoms with Crippen LogP contribution in [-0.2, 0) is 4.74 Å². The minimum absolute atomic E-state index is 0.234. The Hall–Kier alpha value is -0.800. The molecule has 3 nitrogen and oxygen atoms in total. The van der Waals surface area contributed by atoms with Crippen LogP contribution in [0.4, 0.5) is 0 Å². The summed E-state index contributed by atoms with van der Waals surface area (Å²) in [6.45, 7) is 8.45. The van der Waals surface area contributed by atoms with E-state index in [0.29, 0.717) is 6.04 Å². The van der Waals surface area contributed by atoms with Crippen molar-refractivity contribution in [3.63, 3.8) is 0 Å². The lowest BCUT2D eigenvalue weighted by Gasteiger charge is -2.29. The van der Waals surface area contributed by atoms with E-state index in [1.165, 1.54) is 11.4 Å². The summed E-state index contributed by atoms with van der Waals surface area (Å²) >= 11 is 0. The van der Waals surface area contributed by atoms with Crippen molar-refractivity contribution in [2.45, 2.75) is 38.6 Å². The number of hydrogen-bond donors (Lipinski definition) is 0. The largest absolute Gasteiger partial charge is 0.378 e. The van der Waals surface area contributed by atoms with Crippen molar-refractivity contribution < 1.29 is 4.74 Å². The Balaban J connectivity index is 2.38. The number of likely N-dealkylation sites (N-methyl/N-ethyl adjacent to an activating group) is 1. The second-order valence-electron chi connectivity index (χ2n) is 4.73. The van der Waals surface area contributed by atoms with Gasteiger partial charge in [-0.3, -0.25) is 4.90 Å². The number of aromatic nitrogens is 1. The monoisotopic (exact) mass is 221 g/mol. The first-order valence-electron chi connectivity index (χ1n) is 5.78. The third-order valence-electron chi connectivity index (χ3n) is 3.72. The van der Waals surface area contributed by atoms with Gasteiger partial charge in [0.05, 0.1) is 6.10 Å². The highest BCUT2D eigenvalue weighted by molar-refractivity contribution is 5.16. The summed E-state index contributed by atoms with van der Waals surface area (Å²) in [6, 6.07) is 4.65. The lowest BCUT2D eigenvalue weighted by atomic mass is 10.2. The topological polar surface area (TPSA) is 17.4 Å². The Labute approximate surface area is 98.0 Å². The summed E-state index contributed by atoms with van der Waals surface area (Å²) in [5, 5.41) is 0. The van der Waals surface area contributed by atoms with Gasteiger partial charge in [0.1, 0.15) is 6.17 Å². The third-order valence-corrected chi connectivity index (χ3v) is 3.72. The van der Waals surface area contributed by atoms with E-state index in [1.807, 2.05) is 0 Å². The zero-order valence-electron chi connectivity index (χ0n) is 10.6. The number of likely N-dealkylation sites (tertiary alicyclic amines) is 1. The minimum Gasteiger partial charge on any atom is -0.378 e. The van der Waals surface area contributed by atoms with E-state index in [4.69, 9.17) is 4.74 Å². The summed E-state index contributed by atoms with van der Waals surface area (Å²) in [5.41, 5.74) is 2.57. The summed E-state index contributed by atoms with van der Waals surface area (Å²) in [6.07, 6.45) is 1.51. The van der Waals surface area contributed by atoms with E-state index >= 15 is 0 Å². The number of methoxy groups -OCH3 is 1. The first kappa shape index (κ1) is 11.7. The molecule has 0 bridgehead atoms. The highest BCUT2D eigenvalue weighted by Gasteiger charge is 2.38. The molecule has 1 radical (unpaired) electrons. The smallest absolute Gasteiger partial charge is 0.113 e. The van der Waals surface area contributed by atoms with Crippen molar-refractivity contribution in [3.05, 3.63) is 30.4 Å². The number of hydrogen-bond acceptors (Lipinski definition) is 2. The maximum absolute atomic E-state index is 5.60. The van der Waals surface area contributed by atoms with E-state index in [-0.39, 0.29) is 12.3 Å². The standard InChI is InChI=1S/C13H21N2O/c1-9-6-7-10(2)15(9)13-12(16-5)8-11(3)14(13)4/h6-7,11-13H,3,8H2,1-2,4-5H3/t11-,12-,13?/m1/s1. The Morgan fingerprint density at radius 3 is 2.38 bits per heavy atom. The predicted octanol–water partition coefficient (Wildman–Crippen LogP) is 2.16. The highest BCUT2D eigenvalue weighted by Crippen LogP contribution is 2.34. The van der Waals surface area contributed by atoms with Gasteiger partial charge in [-0.05, 0) is 46.4 Å². The van der Waals surface area contributed by atoms with Gasteiger partial charge < -0.3 is 9.30 Å². The van der Waals surface area contributed by atoms with Crippen LogP contribution in [-0.4, -0.2) is 35.8 Å². The Kier molecular flexibility index (Phi) is 3.08. The number of aryl methyl sites for hydroxylation is 2. The van der Waals surface area contributed by atoms with Crippen molar-refractivity contribution in [1.29, 1.82) is 0 Å². The molecule has 3 atom stereocenters. The average molecular weight is 221 g/mol. The molecule has 1 unspecified atom stereocenters. The zero-order valence-corrected chi connectivity index (χ0v) is 10.6. The molecule has 1 fully saturated rings. The third kappa shape index (κ3) is 1.68. The van der Waals surface area contributed by atoms with Crippen molar-refractivity contribution in [2.24, 2.45) is 0 Å². The minimum atomic E-state index is 0.234. The molecule has 2 rings (SSSR count). The van der Waals surface area contributed by atoms with Gasteiger partial charge >= 0.3 is 0 Å². The second-order valence-corrected chi connectivity index (χ2v) is 4.73. The molecule has 16 heavy (non-hydrogen) atoms. The maximum atomic E-state index is 5.60. The Bertz CT molecular complexity index is 353. The molecule has 0 aromatic carbocycles. The number of ether oxygens (including phenoxy) is 1. The first-order valence-corrected chi connectivity index (χ1v) is 5.78. The molecule has 2 heterocycles. The van der Waals surface area contributed by atoms with Gasteiger partial charge in [-0.2, -0.15) is 0 Å². The van der Waals surface area contributed by atoms with Crippen LogP contribution in [0, 0.1) is 20.8 Å². The molecule has 0 spiro atoms. The van der Waals surface area contributed by atoms with Crippen LogP contribution < -0.4 is 0 Å². The molecular weight excluding hydrogens is 200 g/mol. The molecule has 1 saturated heterocycles. The predicted molar refractivity (Wildman–Crippen MR) is 65.3 cm³/mol. The summed E-state index contributed by atoms with van der Waals surface area (Å²) in [4.78, 5) is 2.30. The average Bonchev–Trinajstić information content (AvgIpc) is 2.71. The Morgan fingerprint density at radius 1 is 1.31 bits per heavy atom. The van der Waals surface area contributed by atoms with Gasteiger partial charge in [0.2, 0.25) is 0 Å². The summed E-state index contributed by atoms with van der Waals surface area (Å²) < 4.78 is 7.94. The second kappa shape index (κ2) is 4.22. The molecular formula is C13H21N2O. The number of rotatable bonds is 2. The van der Waals surface area contributed by atoms with E-state index < -0.39 is 0 Å². The van der Waals surface area contributed by atoms with Crippen LogP contribution >= 0.6 is 0 Å². The molecule has 1 aliphatic rings. The van der Waals surface area contributed by atoms with Crippen molar-refractivity contribution in [2.75, 3.05) is 14.2 Å². The van der Waals surface area contributed by atoms with E-state index in [0.717, 1.165) is 6.42 Å². The highest BCUT2D eigenvalue weighted by atomic mass is 16.5. The van der Waals surface area contributed by atoms with Gasteiger partial charge in [-0.25, -0.2) is 0 Å². The molecule has 0 aliphatic carbocycles. The van der Waals surface area contributed by atoms with Crippen molar-refractivity contribution >= 4 is 0 Å². The quantitative estimate of drug-likeness (QED) is 0.761. The van der Waals surface area contributed by atoms with E-state index in [9.17, 15) is 0 Å². The van der Waals surface area contributed by atoms with Gasteiger partial charge in [0.15, 0.2) is 0 Å². The number of nitrogens with zero attached hydrogens (tertiary/aromatic N) is 2.